The number of esters is 3. The van der Waals surface area contributed by atoms with Crippen LogP contribution in [0, 0.1) is 0 Å². The van der Waals surface area contributed by atoms with Gasteiger partial charge in [-0.1, -0.05) is 315 Å². The van der Waals surface area contributed by atoms with Crippen LogP contribution in [0.15, 0.2) is 12.2 Å². The van der Waals surface area contributed by atoms with Crippen molar-refractivity contribution in [2.45, 2.75) is 367 Å². The maximum atomic E-state index is 12.7. The van der Waals surface area contributed by atoms with Crippen LogP contribution in [0.4, 0.5) is 0 Å². The maximum absolute atomic E-state index is 12.7. The van der Waals surface area contributed by atoms with E-state index in [9.17, 15) is 14.4 Å². The molecule has 0 aromatic heterocycles. The first-order valence-corrected chi connectivity index (χ1v) is 31.7. The summed E-state index contributed by atoms with van der Waals surface area (Å²) in [5, 5.41) is 0. The summed E-state index contributed by atoms with van der Waals surface area (Å²) >= 11 is 0. The first-order valence-electron chi connectivity index (χ1n) is 31.7. The van der Waals surface area contributed by atoms with E-state index in [1.807, 2.05) is 0 Å². The first-order chi connectivity index (χ1) is 34.5. The normalized spacial score (nSPS) is 12.0. The second-order valence-corrected chi connectivity index (χ2v) is 21.7. The van der Waals surface area contributed by atoms with Crippen molar-refractivity contribution < 1.29 is 28.6 Å². The standard InChI is InChI=1S/C64H122O6/c1-4-7-10-13-16-18-20-21-22-23-24-25-26-27-28-29-30-31-32-33-34-35-36-37-38-39-40-41-42-43-44-46-48-51-54-57-63(66)69-60-61(59-68-62(65)56-53-50-47-15-12-9-6-3)70-64(67)58-55-52-49-45-19-17-14-11-8-5-2/h11,14,61H,4-10,12-13,15-60H2,1-3H3/b14-11-. The van der Waals surface area contributed by atoms with Gasteiger partial charge in [0, 0.05) is 19.3 Å². The van der Waals surface area contributed by atoms with Crippen molar-refractivity contribution >= 4 is 17.9 Å². The SMILES string of the molecule is CCC/C=C\CCCCCCCC(=O)OC(COC(=O)CCCCCCCCC)COC(=O)CCCCCCCCCCCCCCCCCCCCCCCCCCCCCCCCCCCCC. The molecule has 6 heteroatoms. The highest BCUT2D eigenvalue weighted by Crippen LogP contribution is 2.18. The lowest BCUT2D eigenvalue weighted by molar-refractivity contribution is -0.167. The third kappa shape index (κ3) is 57.1. The van der Waals surface area contributed by atoms with Gasteiger partial charge in [-0.15, -0.1) is 0 Å². The van der Waals surface area contributed by atoms with Crippen molar-refractivity contribution in [1.29, 1.82) is 0 Å². The van der Waals surface area contributed by atoms with Gasteiger partial charge in [-0.3, -0.25) is 14.4 Å². The molecule has 0 aliphatic rings. The molecule has 414 valence electrons. The molecular formula is C64H122O6. The number of hydrogen-bond donors (Lipinski definition) is 0. The molecule has 0 radical (unpaired) electrons. The molecule has 70 heavy (non-hydrogen) atoms. The largest absolute Gasteiger partial charge is 0.462 e. The Morgan fingerprint density at radius 2 is 0.500 bits per heavy atom. The Hall–Kier alpha value is -1.85. The predicted molar refractivity (Wildman–Crippen MR) is 303 cm³/mol. The molecule has 0 saturated carbocycles. The minimum Gasteiger partial charge on any atom is -0.462 e. The van der Waals surface area contributed by atoms with Crippen LogP contribution in [0.25, 0.3) is 0 Å². The van der Waals surface area contributed by atoms with Crippen molar-refractivity contribution in [2.24, 2.45) is 0 Å². The van der Waals surface area contributed by atoms with Crippen LogP contribution in [0.1, 0.15) is 361 Å². The van der Waals surface area contributed by atoms with Gasteiger partial charge >= 0.3 is 17.9 Å². The summed E-state index contributed by atoms with van der Waals surface area (Å²) in [6.45, 7) is 6.57. The van der Waals surface area contributed by atoms with Gasteiger partial charge < -0.3 is 14.2 Å². The highest BCUT2D eigenvalue weighted by molar-refractivity contribution is 5.71. The fourth-order valence-corrected chi connectivity index (χ4v) is 9.74. The van der Waals surface area contributed by atoms with E-state index in [-0.39, 0.29) is 31.1 Å². The van der Waals surface area contributed by atoms with Gasteiger partial charge in [0.15, 0.2) is 6.10 Å². The zero-order chi connectivity index (χ0) is 50.7. The first kappa shape index (κ1) is 68.2. The smallest absolute Gasteiger partial charge is 0.306 e. The number of unbranched alkanes of at least 4 members (excludes halogenated alkanes) is 46. The van der Waals surface area contributed by atoms with Crippen molar-refractivity contribution in [1.82, 2.24) is 0 Å². The maximum Gasteiger partial charge on any atom is 0.306 e. The Morgan fingerprint density at radius 3 is 0.771 bits per heavy atom. The number of rotatable bonds is 59. The second-order valence-electron chi connectivity index (χ2n) is 21.7. The molecule has 0 aromatic carbocycles. The lowest BCUT2D eigenvalue weighted by atomic mass is 10.0. The molecule has 1 unspecified atom stereocenters. The van der Waals surface area contributed by atoms with Crippen molar-refractivity contribution in [3.63, 3.8) is 0 Å². The van der Waals surface area contributed by atoms with E-state index in [1.165, 1.54) is 250 Å². The molecule has 0 bridgehead atoms. The summed E-state index contributed by atoms with van der Waals surface area (Å²) < 4.78 is 16.7. The Labute approximate surface area is 437 Å². The summed E-state index contributed by atoms with van der Waals surface area (Å²) in [4.78, 5) is 37.8. The fourth-order valence-electron chi connectivity index (χ4n) is 9.74. The van der Waals surface area contributed by atoms with E-state index in [4.69, 9.17) is 14.2 Å². The van der Waals surface area contributed by atoms with E-state index in [2.05, 4.69) is 32.9 Å². The van der Waals surface area contributed by atoms with E-state index in [1.54, 1.807) is 0 Å². The topological polar surface area (TPSA) is 78.9 Å². The number of ether oxygens (including phenoxy) is 3. The van der Waals surface area contributed by atoms with Gasteiger partial charge in [0.1, 0.15) is 13.2 Å². The van der Waals surface area contributed by atoms with Crippen LogP contribution in [-0.4, -0.2) is 37.2 Å². The van der Waals surface area contributed by atoms with Crippen LogP contribution >= 0.6 is 0 Å². The van der Waals surface area contributed by atoms with E-state index in [0.29, 0.717) is 19.3 Å². The summed E-state index contributed by atoms with van der Waals surface area (Å²) in [5.41, 5.74) is 0. The summed E-state index contributed by atoms with van der Waals surface area (Å²) in [5.74, 6) is -0.869. The summed E-state index contributed by atoms with van der Waals surface area (Å²) in [7, 11) is 0. The van der Waals surface area contributed by atoms with E-state index < -0.39 is 6.10 Å². The molecule has 0 rings (SSSR count). The van der Waals surface area contributed by atoms with E-state index in [0.717, 1.165) is 70.6 Å². The Morgan fingerprint density at radius 1 is 0.271 bits per heavy atom. The van der Waals surface area contributed by atoms with Crippen LogP contribution in [0.5, 0.6) is 0 Å². The van der Waals surface area contributed by atoms with E-state index >= 15 is 0 Å². The quantitative estimate of drug-likeness (QED) is 0.0261. The van der Waals surface area contributed by atoms with Gasteiger partial charge in [0.05, 0.1) is 0 Å². The minimum absolute atomic E-state index is 0.0689. The fraction of sp³-hybridized carbons (Fsp3) is 0.922. The van der Waals surface area contributed by atoms with Gasteiger partial charge in [0.2, 0.25) is 0 Å². The van der Waals surface area contributed by atoms with Gasteiger partial charge in [-0.2, -0.15) is 0 Å². The van der Waals surface area contributed by atoms with Crippen molar-refractivity contribution in [3.05, 3.63) is 12.2 Å². The van der Waals surface area contributed by atoms with Crippen molar-refractivity contribution in [3.8, 4) is 0 Å². The van der Waals surface area contributed by atoms with Crippen LogP contribution in [-0.2, 0) is 28.6 Å². The average Bonchev–Trinajstić information content (AvgIpc) is 3.36. The number of carbonyl (C=O) groups excluding carboxylic acids is 3. The summed E-state index contributed by atoms with van der Waals surface area (Å²) in [6, 6.07) is 0. The summed E-state index contributed by atoms with van der Waals surface area (Å²) in [6.07, 6.45) is 70.1. The Bertz CT molecular complexity index is 1090. The molecule has 0 aromatic rings. The molecule has 0 aliphatic carbocycles. The molecular weight excluding hydrogens is 865 g/mol. The van der Waals surface area contributed by atoms with Gasteiger partial charge in [-0.25, -0.2) is 0 Å². The third-order valence-corrected chi connectivity index (χ3v) is 14.5. The van der Waals surface area contributed by atoms with Crippen molar-refractivity contribution in [2.75, 3.05) is 13.2 Å². The molecule has 0 amide bonds. The molecule has 1 atom stereocenters. The monoisotopic (exact) mass is 987 g/mol. The highest BCUT2D eigenvalue weighted by atomic mass is 16.6. The van der Waals surface area contributed by atoms with Crippen LogP contribution < -0.4 is 0 Å². The minimum atomic E-state index is -0.766. The lowest BCUT2D eigenvalue weighted by Crippen LogP contribution is -2.30. The number of carbonyl (C=O) groups is 3. The molecule has 0 spiro atoms. The van der Waals surface area contributed by atoms with Gasteiger partial charge in [-0.05, 0) is 38.5 Å². The highest BCUT2D eigenvalue weighted by Gasteiger charge is 2.19. The molecule has 0 saturated heterocycles. The third-order valence-electron chi connectivity index (χ3n) is 14.5. The Balaban J connectivity index is 3.79. The van der Waals surface area contributed by atoms with Crippen LogP contribution in [0.2, 0.25) is 0 Å². The number of allylic oxidation sites excluding steroid dienone is 2. The Kier molecular flexibility index (Phi) is 58.1. The molecule has 0 aliphatic heterocycles. The predicted octanol–water partition coefficient (Wildman–Crippen LogP) is 21.3. The second kappa shape index (κ2) is 59.7. The molecule has 0 heterocycles. The van der Waals surface area contributed by atoms with Crippen LogP contribution in [0.3, 0.4) is 0 Å². The molecule has 6 nitrogen and oxygen atoms in total. The number of hydrogen-bond acceptors (Lipinski definition) is 6. The molecule has 0 fully saturated rings. The average molecular weight is 988 g/mol. The zero-order valence-electron chi connectivity index (χ0n) is 47.6. The lowest BCUT2D eigenvalue weighted by Gasteiger charge is -2.18. The molecule has 0 N–H and O–H groups in total. The van der Waals surface area contributed by atoms with Gasteiger partial charge in [0.25, 0.3) is 0 Å². The zero-order valence-corrected chi connectivity index (χ0v) is 47.6.